The quantitative estimate of drug-likeness (QED) is 0.759. The Kier molecular flexibility index (Phi) is 4.15. The molecule has 2 aromatic heterocycles. The van der Waals surface area contributed by atoms with E-state index in [-0.39, 0.29) is 23.7 Å². The Hall–Kier alpha value is -2.62. The van der Waals surface area contributed by atoms with Crippen molar-refractivity contribution < 1.29 is 9.53 Å². The average Bonchev–Trinajstić information content (AvgIpc) is 3.19. The fourth-order valence-corrected chi connectivity index (χ4v) is 4.83. The number of ether oxygens (including phenoxy) is 1. The first-order chi connectivity index (χ1) is 14.1. The topological polar surface area (TPSA) is 117 Å². The fourth-order valence-electron chi connectivity index (χ4n) is 4.83. The third-order valence-corrected chi connectivity index (χ3v) is 6.02. The number of H-pyrrole nitrogens is 1. The number of aromatic nitrogens is 4. The number of anilines is 2. The molecule has 2 atom stereocenters. The van der Waals surface area contributed by atoms with Crippen molar-refractivity contribution in [3.63, 3.8) is 0 Å². The molecule has 5 rings (SSSR count). The molecular formula is C20H30N8O2. The maximum Gasteiger partial charge on any atom is 0.410 e. The van der Waals surface area contributed by atoms with Gasteiger partial charge in [-0.05, 0) is 40.5 Å². The number of nitrogens with one attached hydrogen (secondary N) is 1. The summed E-state index contributed by atoms with van der Waals surface area (Å²) in [5, 5.41) is 0. The van der Waals surface area contributed by atoms with Gasteiger partial charge in [0.25, 0.3) is 0 Å². The molecule has 2 bridgehead atoms. The molecule has 3 saturated heterocycles. The van der Waals surface area contributed by atoms with Gasteiger partial charge in [-0.2, -0.15) is 9.97 Å². The zero-order valence-corrected chi connectivity index (χ0v) is 18.1. The number of piperazine rings is 1. The molecule has 162 valence electrons. The van der Waals surface area contributed by atoms with E-state index in [0.29, 0.717) is 19.0 Å². The summed E-state index contributed by atoms with van der Waals surface area (Å²) >= 11 is 0. The lowest BCUT2D eigenvalue weighted by Crippen LogP contribution is -2.66. The van der Waals surface area contributed by atoms with Crippen molar-refractivity contribution in [2.45, 2.75) is 63.8 Å². The van der Waals surface area contributed by atoms with Gasteiger partial charge in [0.2, 0.25) is 5.95 Å². The van der Waals surface area contributed by atoms with E-state index in [1.54, 1.807) is 6.33 Å². The molecule has 3 N–H and O–H groups in total. The van der Waals surface area contributed by atoms with Crippen molar-refractivity contribution in [1.82, 2.24) is 24.8 Å². The number of carbonyl (C=O) groups is 1. The molecule has 2 aromatic rings. The molecule has 0 radical (unpaired) electrons. The van der Waals surface area contributed by atoms with Crippen LogP contribution in [0.15, 0.2) is 6.33 Å². The van der Waals surface area contributed by atoms with Crippen LogP contribution in [0.3, 0.4) is 0 Å². The highest BCUT2D eigenvalue weighted by Crippen LogP contribution is 2.35. The molecule has 5 heterocycles. The Morgan fingerprint density at radius 3 is 2.47 bits per heavy atom. The predicted octanol–water partition coefficient (Wildman–Crippen LogP) is 1.48. The van der Waals surface area contributed by atoms with E-state index in [1.807, 2.05) is 32.6 Å². The number of carbonyl (C=O) groups excluding carboxylic acids is 1. The van der Waals surface area contributed by atoms with Crippen LogP contribution in [-0.2, 0) is 4.74 Å². The van der Waals surface area contributed by atoms with Gasteiger partial charge in [0.1, 0.15) is 5.60 Å². The Balaban J connectivity index is 1.39. The van der Waals surface area contributed by atoms with Crippen LogP contribution in [0.2, 0.25) is 0 Å². The van der Waals surface area contributed by atoms with Crippen LogP contribution in [0.25, 0.3) is 11.2 Å². The number of nitrogens with two attached hydrogens (primary N) is 1. The van der Waals surface area contributed by atoms with Gasteiger partial charge in [0, 0.05) is 31.7 Å². The summed E-state index contributed by atoms with van der Waals surface area (Å²) in [5.41, 5.74) is 7.00. The second-order valence-electron chi connectivity index (χ2n) is 10.1. The summed E-state index contributed by atoms with van der Waals surface area (Å²) in [5.74, 6) is 1.49. The highest BCUT2D eigenvalue weighted by Gasteiger charge is 2.45. The predicted molar refractivity (Wildman–Crippen MR) is 114 cm³/mol. The van der Waals surface area contributed by atoms with Crippen molar-refractivity contribution >= 4 is 29.0 Å². The Morgan fingerprint density at radius 2 is 1.87 bits per heavy atom. The van der Waals surface area contributed by atoms with Crippen molar-refractivity contribution in [3.05, 3.63) is 6.33 Å². The number of rotatable bonds is 2. The van der Waals surface area contributed by atoms with Crippen molar-refractivity contribution in [2.75, 3.05) is 36.0 Å². The third kappa shape index (κ3) is 3.32. The number of aromatic amines is 1. The van der Waals surface area contributed by atoms with E-state index < -0.39 is 5.60 Å². The van der Waals surface area contributed by atoms with Gasteiger partial charge in [-0.3, -0.25) is 4.90 Å². The number of imidazole rings is 1. The van der Waals surface area contributed by atoms with Gasteiger partial charge >= 0.3 is 6.09 Å². The Labute approximate surface area is 175 Å². The lowest BCUT2D eigenvalue weighted by atomic mass is 9.94. The molecule has 0 unspecified atom stereocenters. The van der Waals surface area contributed by atoms with Crippen LogP contribution in [0.4, 0.5) is 16.6 Å². The number of nitrogens with zero attached hydrogens (tertiary/aromatic N) is 6. The minimum absolute atomic E-state index is 0.111. The number of hydrogen-bond donors (Lipinski definition) is 2. The minimum atomic E-state index is -0.494. The molecule has 0 spiro atoms. The summed E-state index contributed by atoms with van der Waals surface area (Å²) < 4.78 is 5.64. The lowest BCUT2D eigenvalue weighted by molar-refractivity contribution is 0.0122. The second kappa shape index (κ2) is 6.44. The summed E-state index contributed by atoms with van der Waals surface area (Å²) in [7, 11) is 0. The molecule has 0 aromatic carbocycles. The van der Waals surface area contributed by atoms with Gasteiger partial charge in [-0.25, -0.2) is 9.78 Å². The summed E-state index contributed by atoms with van der Waals surface area (Å²) in [4.78, 5) is 36.1. The summed E-state index contributed by atoms with van der Waals surface area (Å²) in [6, 6.07) is 0.221. The second-order valence-corrected chi connectivity index (χ2v) is 10.1. The SMILES string of the molecule is CC1(N)CN(c2nc(N3C[C@H]4CC[C@@H](C3)N4C(=O)OC(C)(C)C)nc3[nH]cnc23)C1. The van der Waals surface area contributed by atoms with E-state index in [4.69, 9.17) is 20.4 Å². The normalized spacial score (nSPS) is 25.6. The van der Waals surface area contributed by atoms with Crippen LogP contribution >= 0.6 is 0 Å². The van der Waals surface area contributed by atoms with Gasteiger partial charge in [0.15, 0.2) is 17.0 Å². The lowest BCUT2D eigenvalue weighted by Gasteiger charge is -2.46. The molecule has 3 fully saturated rings. The van der Waals surface area contributed by atoms with Gasteiger partial charge < -0.3 is 25.3 Å². The molecule has 3 aliphatic rings. The van der Waals surface area contributed by atoms with E-state index in [0.717, 1.165) is 42.9 Å². The van der Waals surface area contributed by atoms with Crippen LogP contribution < -0.4 is 15.5 Å². The summed E-state index contributed by atoms with van der Waals surface area (Å²) in [6.07, 6.45) is 3.37. The van der Waals surface area contributed by atoms with Gasteiger partial charge in [0.05, 0.1) is 18.4 Å². The highest BCUT2D eigenvalue weighted by atomic mass is 16.6. The van der Waals surface area contributed by atoms with Crippen LogP contribution in [0.5, 0.6) is 0 Å². The van der Waals surface area contributed by atoms with Crippen LogP contribution in [0, 0.1) is 0 Å². The zero-order chi connectivity index (χ0) is 21.3. The first kappa shape index (κ1) is 19.3. The molecule has 10 heteroatoms. The molecule has 3 aliphatic heterocycles. The smallest absolute Gasteiger partial charge is 0.410 e. The molecule has 0 aliphatic carbocycles. The van der Waals surface area contributed by atoms with E-state index in [9.17, 15) is 4.79 Å². The van der Waals surface area contributed by atoms with Crippen molar-refractivity contribution in [3.8, 4) is 0 Å². The van der Waals surface area contributed by atoms with Crippen molar-refractivity contribution in [2.24, 2.45) is 5.73 Å². The highest BCUT2D eigenvalue weighted by molar-refractivity contribution is 5.85. The molecule has 30 heavy (non-hydrogen) atoms. The van der Waals surface area contributed by atoms with E-state index in [1.165, 1.54) is 0 Å². The first-order valence-corrected chi connectivity index (χ1v) is 10.6. The average molecular weight is 415 g/mol. The van der Waals surface area contributed by atoms with Crippen LogP contribution in [-0.4, -0.2) is 80.3 Å². The van der Waals surface area contributed by atoms with E-state index >= 15 is 0 Å². The van der Waals surface area contributed by atoms with E-state index in [2.05, 4.69) is 19.8 Å². The molecule has 1 amide bonds. The number of amides is 1. The largest absolute Gasteiger partial charge is 0.444 e. The summed E-state index contributed by atoms with van der Waals surface area (Å²) in [6.45, 7) is 10.6. The monoisotopic (exact) mass is 414 g/mol. The minimum Gasteiger partial charge on any atom is -0.444 e. The first-order valence-electron chi connectivity index (χ1n) is 10.6. The number of fused-ring (bicyclic) bond motifs is 3. The zero-order valence-electron chi connectivity index (χ0n) is 18.1. The maximum absolute atomic E-state index is 12.7. The Bertz CT molecular complexity index is 959. The van der Waals surface area contributed by atoms with Gasteiger partial charge in [-0.15, -0.1) is 0 Å². The fraction of sp³-hybridized carbons (Fsp3) is 0.700. The third-order valence-electron chi connectivity index (χ3n) is 6.02. The standard InChI is InChI=1S/C20H30N8O2/c1-19(2,3)30-18(29)28-12-5-6-13(28)8-26(7-12)17-24-15-14(22-11-23-15)16(25-17)27-9-20(4,21)10-27/h11-13H,5-10,21H2,1-4H3,(H,22,23,24,25)/t12-,13+. The Morgan fingerprint density at radius 1 is 1.20 bits per heavy atom. The van der Waals surface area contributed by atoms with Gasteiger partial charge in [-0.1, -0.05) is 0 Å². The molecule has 10 nitrogen and oxygen atoms in total. The number of hydrogen-bond acceptors (Lipinski definition) is 8. The molecular weight excluding hydrogens is 384 g/mol. The molecule has 0 saturated carbocycles. The van der Waals surface area contributed by atoms with Crippen molar-refractivity contribution in [1.29, 1.82) is 0 Å². The van der Waals surface area contributed by atoms with Crippen LogP contribution in [0.1, 0.15) is 40.5 Å². The maximum atomic E-state index is 12.7.